The van der Waals surface area contributed by atoms with E-state index < -0.39 is 0 Å². The Morgan fingerprint density at radius 3 is 2.94 bits per heavy atom. The van der Waals surface area contributed by atoms with Gasteiger partial charge in [0.05, 0.1) is 23.9 Å². The zero-order valence-electron chi connectivity index (χ0n) is 8.79. The van der Waals surface area contributed by atoms with Gasteiger partial charge in [0.15, 0.2) is 5.65 Å². The van der Waals surface area contributed by atoms with Crippen LogP contribution in [-0.4, -0.2) is 19.7 Å². The first-order chi connectivity index (χ1) is 8.27. The summed E-state index contributed by atoms with van der Waals surface area (Å²) in [4.78, 5) is 18.1. The molecule has 1 aromatic carbocycles. The van der Waals surface area contributed by atoms with Crippen LogP contribution >= 0.6 is 0 Å². The summed E-state index contributed by atoms with van der Waals surface area (Å²) in [6.45, 7) is 0. The van der Waals surface area contributed by atoms with Gasteiger partial charge >= 0.3 is 0 Å². The van der Waals surface area contributed by atoms with Crippen molar-refractivity contribution in [3.8, 4) is 5.69 Å². The Morgan fingerprint density at radius 2 is 2.12 bits per heavy atom. The van der Waals surface area contributed by atoms with Gasteiger partial charge in [0.25, 0.3) is 5.56 Å². The molecule has 2 heterocycles. The largest absolute Gasteiger partial charge is 0.397 e. The molecule has 0 bridgehead atoms. The van der Waals surface area contributed by atoms with E-state index in [1.54, 1.807) is 10.7 Å². The maximum absolute atomic E-state index is 11.5. The number of fused-ring (bicyclic) bond motifs is 1. The van der Waals surface area contributed by atoms with Crippen LogP contribution in [0.5, 0.6) is 0 Å². The average Bonchev–Trinajstić information content (AvgIpc) is 2.75. The van der Waals surface area contributed by atoms with Crippen LogP contribution in [0.2, 0.25) is 0 Å². The molecule has 0 saturated heterocycles. The molecule has 3 N–H and O–H groups in total. The van der Waals surface area contributed by atoms with Crippen LogP contribution in [0.1, 0.15) is 0 Å². The van der Waals surface area contributed by atoms with Crippen molar-refractivity contribution in [1.29, 1.82) is 0 Å². The van der Waals surface area contributed by atoms with E-state index in [1.807, 2.05) is 18.2 Å². The van der Waals surface area contributed by atoms with E-state index in [1.165, 1.54) is 12.5 Å². The Bertz CT molecular complexity index is 743. The van der Waals surface area contributed by atoms with Crippen molar-refractivity contribution >= 4 is 16.7 Å². The lowest BCUT2D eigenvalue weighted by Crippen LogP contribution is -2.07. The van der Waals surface area contributed by atoms with Gasteiger partial charge in [-0.1, -0.05) is 12.1 Å². The van der Waals surface area contributed by atoms with Gasteiger partial charge in [-0.05, 0) is 12.1 Å². The molecular formula is C11H9N5O. The van der Waals surface area contributed by atoms with Gasteiger partial charge in [0, 0.05) is 0 Å². The number of nitrogen functional groups attached to an aromatic ring is 1. The second-order valence-electron chi connectivity index (χ2n) is 3.58. The third-order valence-corrected chi connectivity index (χ3v) is 2.54. The Labute approximate surface area is 95.7 Å². The number of benzene rings is 1. The minimum atomic E-state index is -0.212. The molecule has 3 rings (SSSR count). The molecule has 3 aromatic rings. The first kappa shape index (κ1) is 9.59. The number of H-pyrrole nitrogens is 1. The number of hydrogen-bond acceptors (Lipinski definition) is 4. The molecule has 0 unspecified atom stereocenters. The maximum Gasteiger partial charge on any atom is 0.261 e. The summed E-state index contributed by atoms with van der Waals surface area (Å²) in [5, 5.41) is 4.58. The quantitative estimate of drug-likeness (QED) is 0.598. The average molecular weight is 227 g/mol. The van der Waals surface area contributed by atoms with Crippen molar-refractivity contribution in [2.75, 3.05) is 5.73 Å². The standard InChI is InChI=1S/C11H9N5O/c12-8-3-1-2-4-9(8)16-10-7(5-15-16)11(17)14-6-13-10/h1-6H,12H2,(H,13,14,17). The third-order valence-electron chi connectivity index (χ3n) is 2.54. The molecule has 0 aliphatic carbocycles. The van der Waals surface area contributed by atoms with Crippen LogP contribution in [0.15, 0.2) is 41.6 Å². The fraction of sp³-hybridized carbons (Fsp3) is 0. The van der Waals surface area contributed by atoms with Gasteiger partial charge in [0.2, 0.25) is 0 Å². The number of anilines is 1. The summed E-state index contributed by atoms with van der Waals surface area (Å²) >= 11 is 0. The van der Waals surface area contributed by atoms with Crippen molar-refractivity contribution in [2.45, 2.75) is 0 Å². The summed E-state index contributed by atoms with van der Waals surface area (Å²) < 4.78 is 1.56. The van der Waals surface area contributed by atoms with E-state index in [-0.39, 0.29) is 5.56 Å². The van der Waals surface area contributed by atoms with E-state index >= 15 is 0 Å². The Kier molecular flexibility index (Phi) is 1.94. The maximum atomic E-state index is 11.5. The number of rotatable bonds is 1. The van der Waals surface area contributed by atoms with Crippen molar-refractivity contribution in [2.24, 2.45) is 0 Å². The highest BCUT2D eigenvalue weighted by Crippen LogP contribution is 2.18. The SMILES string of the molecule is Nc1ccccc1-n1ncc2c(=O)[nH]cnc21. The zero-order chi connectivity index (χ0) is 11.8. The van der Waals surface area contributed by atoms with E-state index in [0.29, 0.717) is 22.4 Å². The molecule has 0 spiro atoms. The highest BCUT2D eigenvalue weighted by molar-refractivity contribution is 5.76. The van der Waals surface area contributed by atoms with E-state index in [2.05, 4.69) is 15.1 Å². The van der Waals surface area contributed by atoms with Crippen molar-refractivity contribution in [3.05, 3.63) is 47.1 Å². The number of nitrogens with two attached hydrogens (primary N) is 1. The van der Waals surface area contributed by atoms with Crippen molar-refractivity contribution < 1.29 is 0 Å². The van der Waals surface area contributed by atoms with Gasteiger partial charge in [-0.3, -0.25) is 4.79 Å². The van der Waals surface area contributed by atoms with Crippen LogP contribution in [0.3, 0.4) is 0 Å². The highest BCUT2D eigenvalue weighted by atomic mass is 16.1. The lowest BCUT2D eigenvalue weighted by atomic mass is 10.3. The molecule has 0 fully saturated rings. The number of para-hydroxylation sites is 2. The van der Waals surface area contributed by atoms with E-state index in [9.17, 15) is 4.79 Å². The fourth-order valence-electron chi connectivity index (χ4n) is 1.71. The smallest absolute Gasteiger partial charge is 0.261 e. The molecule has 2 aromatic heterocycles. The molecule has 17 heavy (non-hydrogen) atoms. The molecule has 84 valence electrons. The summed E-state index contributed by atoms with van der Waals surface area (Å²) in [6, 6.07) is 7.29. The molecule has 0 aliphatic heterocycles. The van der Waals surface area contributed by atoms with E-state index in [4.69, 9.17) is 5.73 Å². The molecule has 0 radical (unpaired) electrons. The predicted octanol–water partition coefficient (Wildman–Crippen LogP) is 0.691. The van der Waals surface area contributed by atoms with Gasteiger partial charge in [-0.25, -0.2) is 9.67 Å². The molecule has 6 heteroatoms. The first-order valence-corrected chi connectivity index (χ1v) is 5.03. The molecular weight excluding hydrogens is 218 g/mol. The Hall–Kier alpha value is -2.63. The van der Waals surface area contributed by atoms with Gasteiger partial charge in [-0.2, -0.15) is 5.10 Å². The van der Waals surface area contributed by atoms with Gasteiger partial charge in [-0.15, -0.1) is 0 Å². The predicted molar refractivity (Wildman–Crippen MR) is 63.9 cm³/mol. The van der Waals surface area contributed by atoms with E-state index in [0.717, 1.165) is 0 Å². The van der Waals surface area contributed by atoms with Crippen molar-refractivity contribution in [3.63, 3.8) is 0 Å². The molecule has 0 amide bonds. The second kappa shape index (κ2) is 3.44. The van der Waals surface area contributed by atoms with Crippen LogP contribution in [0, 0.1) is 0 Å². The first-order valence-electron chi connectivity index (χ1n) is 5.03. The lowest BCUT2D eigenvalue weighted by Gasteiger charge is -2.05. The van der Waals surface area contributed by atoms with Crippen LogP contribution in [0.4, 0.5) is 5.69 Å². The highest BCUT2D eigenvalue weighted by Gasteiger charge is 2.10. The second-order valence-corrected chi connectivity index (χ2v) is 3.58. The number of nitrogens with one attached hydrogen (secondary N) is 1. The fourth-order valence-corrected chi connectivity index (χ4v) is 1.71. The number of nitrogens with zero attached hydrogens (tertiary/aromatic N) is 3. The number of hydrogen-bond donors (Lipinski definition) is 2. The zero-order valence-corrected chi connectivity index (χ0v) is 8.79. The monoisotopic (exact) mass is 227 g/mol. The number of aromatic nitrogens is 4. The topological polar surface area (TPSA) is 89.6 Å². The Morgan fingerprint density at radius 1 is 1.29 bits per heavy atom. The summed E-state index contributed by atoms with van der Waals surface area (Å²) in [5.74, 6) is 0. The normalized spacial score (nSPS) is 10.8. The molecule has 0 atom stereocenters. The van der Waals surface area contributed by atoms with Gasteiger partial charge in [0.1, 0.15) is 5.39 Å². The third kappa shape index (κ3) is 1.38. The Balaban J connectivity index is 2.36. The lowest BCUT2D eigenvalue weighted by molar-refractivity contribution is 0.897. The molecule has 6 nitrogen and oxygen atoms in total. The van der Waals surface area contributed by atoms with Crippen LogP contribution in [0.25, 0.3) is 16.7 Å². The summed E-state index contributed by atoms with van der Waals surface area (Å²) in [7, 11) is 0. The minimum Gasteiger partial charge on any atom is -0.397 e. The summed E-state index contributed by atoms with van der Waals surface area (Å²) in [5.41, 5.74) is 7.44. The van der Waals surface area contributed by atoms with Crippen molar-refractivity contribution in [1.82, 2.24) is 19.7 Å². The van der Waals surface area contributed by atoms with Crippen LogP contribution < -0.4 is 11.3 Å². The summed E-state index contributed by atoms with van der Waals surface area (Å²) in [6.07, 6.45) is 2.83. The molecule has 0 saturated carbocycles. The number of aromatic amines is 1. The molecule has 0 aliphatic rings. The van der Waals surface area contributed by atoms with Gasteiger partial charge < -0.3 is 10.7 Å². The minimum absolute atomic E-state index is 0.212. The van der Waals surface area contributed by atoms with Crippen LogP contribution in [-0.2, 0) is 0 Å².